The Hall–Kier alpha value is -3.36. The van der Waals surface area contributed by atoms with Crippen LogP contribution in [-0.4, -0.2) is 55.3 Å². The Balaban J connectivity index is 1.34. The van der Waals surface area contributed by atoms with Gasteiger partial charge in [0.05, 0.1) is 4.75 Å². The van der Waals surface area contributed by atoms with Crippen molar-refractivity contribution < 1.29 is 18.3 Å². The highest BCUT2D eigenvalue weighted by atomic mass is 32.2. The summed E-state index contributed by atoms with van der Waals surface area (Å²) < 4.78 is 25.7. The van der Waals surface area contributed by atoms with Crippen LogP contribution >= 0.6 is 0 Å². The molecule has 1 saturated heterocycles. The average molecular weight is 522 g/mol. The molecule has 1 aliphatic rings. The van der Waals surface area contributed by atoms with Gasteiger partial charge in [-0.25, -0.2) is 13.1 Å². The van der Waals surface area contributed by atoms with E-state index >= 15 is 0 Å². The normalized spacial score (nSPS) is 15.8. The van der Waals surface area contributed by atoms with Crippen molar-refractivity contribution in [2.45, 2.75) is 38.5 Å². The largest absolute Gasteiger partial charge is 0.508 e. The summed E-state index contributed by atoms with van der Waals surface area (Å²) in [5.74, 6) is -0.352. The fourth-order valence-corrected chi connectivity index (χ4v) is 5.04. The molecule has 0 radical (unpaired) electrons. The SMILES string of the molecule is CC(c1ccc(-c2cccc(O)c2)cc1)N1CCN(c2ccc(C(=O)NS(=O)(=O)C(C)(C)C)cc2)CC1. The van der Waals surface area contributed by atoms with Crippen molar-refractivity contribution in [1.82, 2.24) is 9.62 Å². The molecule has 1 atom stereocenters. The Labute approximate surface area is 219 Å². The molecule has 4 rings (SSSR count). The van der Waals surface area contributed by atoms with E-state index in [1.165, 1.54) is 5.56 Å². The fraction of sp³-hybridized carbons (Fsp3) is 0.345. The molecule has 8 heteroatoms. The summed E-state index contributed by atoms with van der Waals surface area (Å²) in [4.78, 5) is 17.2. The predicted molar refractivity (Wildman–Crippen MR) is 148 cm³/mol. The summed E-state index contributed by atoms with van der Waals surface area (Å²) >= 11 is 0. The van der Waals surface area contributed by atoms with Crippen LogP contribution in [0, 0.1) is 0 Å². The molecule has 37 heavy (non-hydrogen) atoms. The summed E-state index contributed by atoms with van der Waals surface area (Å²) in [5.41, 5.74) is 4.64. The first-order valence-corrected chi connectivity index (χ1v) is 14.0. The van der Waals surface area contributed by atoms with Crippen LogP contribution in [0.2, 0.25) is 0 Å². The predicted octanol–water partition coefficient (Wildman–Crippen LogP) is 4.80. The second kappa shape index (κ2) is 10.6. The second-order valence-electron chi connectivity index (χ2n) is 10.5. The number of nitrogens with one attached hydrogen (secondary N) is 1. The van der Waals surface area contributed by atoms with Crippen LogP contribution in [0.1, 0.15) is 49.7 Å². The van der Waals surface area contributed by atoms with Crippen molar-refractivity contribution >= 4 is 21.6 Å². The van der Waals surface area contributed by atoms with E-state index in [2.05, 4.69) is 45.7 Å². The van der Waals surface area contributed by atoms with Crippen LogP contribution in [0.4, 0.5) is 5.69 Å². The van der Waals surface area contributed by atoms with Gasteiger partial charge in [-0.05, 0) is 80.8 Å². The summed E-state index contributed by atoms with van der Waals surface area (Å²) in [6, 6.07) is 23.1. The molecule has 1 heterocycles. The van der Waals surface area contributed by atoms with Gasteiger partial charge in [0, 0.05) is 43.5 Å². The Morgan fingerprint density at radius 3 is 2.08 bits per heavy atom. The van der Waals surface area contributed by atoms with Gasteiger partial charge < -0.3 is 10.0 Å². The van der Waals surface area contributed by atoms with E-state index in [1.54, 1.807) is 45.0 Å². The molecule has 3 aromatic carbocycles. The molecule has 7 nitrogen and oxygen atoms in total. The molecule has 1 unspecified atom stereocenters. The molecule has 0 bridgehead atoms. The Bertz CT molecular complexity index is 1340. The van der Waals surface area contributed by atoms with Crippen molar-refractivity contribution in [3.8, 4) is 16.9 Å². The fourth-order valence-electron chi connectivity index (χ4n) is 4.38. The minimum atomic E-state index is -3.76. The van der Waals surface area contributed by atoms with Crippen LogP contribution in [0.3, 0.4) is 0 Å². The third-order valence-electron chi connectivity index (χ3n) is 6.96. The van der Waals surface area contributed by atoms with Gasteiger partial charge in [0.15, 0.2) is 0 Å². The Morgan fingerprint density at radius 2 is 1.51 bits per heavy atom. The smallest absolute Gasteiger partial charge is 0.264 e. The van der Waals surface area contributed by atoms with Crippen LogP contribution in [-0.2, 0) is 10.0 Å². The third-order valence-corrected chi connectivity index (χ3v) is 9.03. The first-order valence-electron chi connectivity index (χ1n) is 12.5. The first-order chi connectivity index (χ1) is 17.4. The summed E-state index contributed by atoms with van der Waals surface area (Å²) in [6.07, 6.45) is 0. The monoisotopic (exact) mass is 521 g/mol. The van der Waals surface area contributed by atoms with E-state index in [0.717, 1.165) is 43.0 Å². The number of sulfonamides is 1. The molecule has 0 aromatic heterocycles. The Morgan fingerprint density at radius 1 is 0.892 bits per heavy atom. The van der Waals surface area contributed by atoms with Crippen molar-refractivity contribution in [3.05, 3.63) is 83.9 Å². The minimum Gasteiger partial charge on any atom is -0.508 e. The Kier molecular flexibility index (Phi) is 7.62. The number of phenolic OH excluding ortho intramolecular Hbond substituents is 1. The number of hydrogen-bond donors (Lipinski definition) is 2. The number of carbonyl (C=O) groups is 1. The number of aromatic hydroxyl groups is 1. The van der Waals surface area contributed by atoms with Gasteiger partial charge in [0.2, 0.25) is 10.0 Å². The van der Waals surface area contributed by atoms with Crippen molar-refractivity contribution in [1.29, 1.82) is 0 Å². The number of phenols is 1. The quantitative estimate of drug-likeness (QED) is 0.484. The highest BCUT2D eigenvalue weighted by molar-refractivity contribution is 7.91. The standard InChI is InChI=1S/C29H35N3O4S/c1-21(22-8-10-23(11-9-22)25-6-5-7-27(33)20-25)31-16-18-32(19-17-31)26-14-12-24(13-15-26)28(34)30-37(35,36)29(2,3)4/h5-15,20-21,33H,16-19H2,1-4H3,(H,30,34). The number of rotatable bonds is 6. The van der Waals surface area contributed by atoms with Gasteiger partial charge >= 0.3 is 0 Å². The number of carbonyl (C=O) groups excluding carboxylic acids is 1. The zero-order chi connectivity index (χ0) is 26.8. The van der Waals surface area contributed by atoms with Crippen LogP contribution in [0.25, 0.3) is 11.1 Å². The maximum atomic E-state index is 12.4. The zero-order valence-electron chi connectivity index (χ0n) is 21.8. The van der Waals surface area contributed by atoms with Gasteiger partial charge in [0.25, 0.3) is 5.91 Å². The van der Waals surface area contributed by atoms with E-state index in [4.69, 9.17) is 0 Å². The molecular weight excluding hydrogens is 486 g/mol. The minimum absolute atomic E-state index is 0.263. The van der Waals surface area contributed by atoms with Gasteiger partial charge in [-0.15, -0.1) is 0 Å². The molecule has 3 aromatic rings. The van der Waals surface area contributed by atoms with Crippen molar-refractivity contribution in [3.63, 3.8) is 0 Å². The lowest BCUT2D eigenvalue weighted by Gasteiger charge is -2.39. The molecule has 1 aliphatic heterocycles. The van der Waals surface area contributed by atoms with E-state index in [-0.39, 0.29) is 11.8 Å². The molecule has 2 N–H and O–H groups in total. The van der Waals surface area contributed by atoms with Crippen molar-refractivity contribution in [2.75, 3.05) is 31.1 Å². The highest BCUT2D eigenvalue weighted by Crippen LogP contribution is 2.28. The van der Waals surface area contributed by atoms with Crippen LogP contribution in [0.15, 0.2) is 72.8 Å². The molecule has 0 aliphatic carbocycles. The lowest BCUT2D eigenvalue weighted by atomic mass is 10.00. The van der Waals surface area contributed by atoms with Crippen molar-refractivity contribution in [2.24, 2.45) is 0 Å². The average Bonchev–Trinajstić information content (AvgIpc) is 2.88. The summed E-state index contributed by atoms with van der Waals surface area (Å²) in [6.45, 7) is 10.4. The van der Waals surface area contributed by atoms with Crippen LogP contribution in [0.5, 0.6) is 5.75 Å². The number of nitrogens with zero attached hydrogens (tertiary/aromatic N) is 2. The number of anilines is 1. The highest BCUT2D eigenvalue weighted by Gasteiger charge is 2.31. The topological polar surface area (TPSA) is 89.9 Å². The van der Waals surface area contributed by atoms with Gasteiger partial charge in [-0.1, -0.05) is 36.4 Å². The molecular formula is C29H35N3O4S. The number of benzene rings is 3. The van der Waals surface area contributed by atoms with Gasteiger partial charge in [-0.2, -0.15) is 0 Å². The maximum absolute atomic E-state index is 12.4. The second-order valence-corrected chi connectivity index (χ2v) is 12.9. The maximum Gasteiger partial charge on any atom is 0.264 e. The molecule has 0 saturated carbocycles. The summed E-state index contributed by atoms with van der Waals surface area (Å²) in [5, 5.41) is 9.75. The zero-order valence-corrected chi connectivity index (χ0v) is 22.6. The number of piperazine rings is 1. The van der Waals surface area contributed by atoms with E-state index in [0.29, 0.717) is 5.56 Å². The molecule has 1 amide bonds. The van der Waals surface area contributed by atoms with Crippen LogP contribution < -0.4 is 9.62 Å². The molecule has 1 fully saturated rings. The van der Waals surface area contributed by atoms with E-state index < -0.39 is 20.7 Å². The van der Waals surface area contributed by atoms with E-state index in [9.17, 15) is 18.3 Å². The third kappa shape index (κ3) is 6.14. The summed E-state index contributed by atoms with van der Waals surface area (Å²) in [7, 11) is -3.76. The van der Waals surface area contributed by atoms with E-state index in [1.807, 2.05) is 24.3 Å². The lowest BCUT2D eigenvalue weighted by Crippen LogP contribution is -2.47. The number of hydrogen-bond acceptors (Lipinski definition) is 6. The lowest BCUT2D eigenvalue weighted by molar-refractivity contribution is 0.0980. The van der Waals surface area contributed by atoms with Gasteiger partial charge in [0.1, 0.15) is 5.75 Å². The molecule has 196 valence electrons. The number of amides is 1. The first kappa shape index (κ1) is 26.7. The molecule has 0 spiro atoms. The van der Waals surface area contributed by atoms with Gasteiger partial charge in [-0.3, -0.25) is 9.69 Å².